The lowest BCUT2D eigenvalue weighted by Crippen LogP contribution is -1.91. The summed E-state index contributed by atoms with van der Waals surface area (Å²) in [5.74, 6) is -1.11. The van der Waals surface area contributed by atoms with Crippen molar-refractivity contribution in [2.75, 3.05) is 7.05 Å². The van der Waals surface area contributed by atoms with E-state index in [4.69, 9.17) is 0 Å². The van der Waals surface area contributed by atoms with Gasteiger partial charge in [-0.15, -0.1) is 0 Å². The number of nitrogens with one attached hydrogen (secondary N) is 1. The first-order valence-electron chi connectivity index (χ1n) is 3.02. The molecular weight excluding hydrogens is 168 g/mol. The van der Waals surface area contributed by atoms with Crippen molar-refractivity contribution in [2.24, 2.45) is 0 Å². The van der Waals surface area contributed by atoms with Crippen molar-refractivity contribution in [1.82, 2.24) is 4.72 Å². The first-order chi connectivity index (χ1) is 5.22. The lowest BCUT2D eigenvalue weighted by Gasteiger charge is -1.98. The zero-order chi connectivity index (χ0) is 8.27. The monoisotopic (exact) mass is 175 g/mol. The van der Waals surface area contributed by atoms with Crippen molar-refractivity contribution in [1.29, 1.82) is 0 Å². The Morgan fingerprint density at radius 2 is 1.73 bits per heavy atom. The molecule has 1 aromatic carbocycles. The van der Waals surface area contributed by atoms with Crippen LogP contribution in [-0.2, 0) is 0 Å². The molecular formula is C7H7F2NS. The van der Waals surface area contributed by atoms with Gasteiger partial charge in [-0.25, -0.2) is 8.78 Å². The second-order valence-electron chi connectivity index (χ2n) is 1.91. The highest BCUT2D eigenvalue weighted by Crippen LogP contribution is 2.16. The van der Waals surface area contributed by atoms with Gasteiger partial charge in [-0.1, -0.05) is 0 Å². The molecule has 1 nitrogen and oxygen atoms in total. The molecule has 4 heteroatoms. The van der Waals surface area contributed by atoms with Gasteiger partial charge in [-0.05, 0) is 31.1 Å². The number of benzene rings is 1. The lowest BCUT2D eigenvalue weighted by molar-refractivity contribution is 0.577. The lowest BCUT2D eigenvalue weighted by atomic mass is 10.3. The largest absolute Gasteiger partial charge is 0.263 e. The first kappa shape index (κ1) is 8.49. The second kappa shape index (κ2) is 3.69. The Kier molecular flexibility index (Phi) is 2.84. The average Bonchev–Trinajstić information content (AvgIpc) is 1.85. The number of hydrogen-bond donors (Lipinski definition) is 1. The molecule has 1 aromatic rings. The number of hydrogen-bond acceptors (Lipinski definition) is 2. The quantitative estimate of drug-likeness (QED) is 0.691. The predicted octanol–water partition coefficient (Wildman–Crippen LogP) is 2.19. The van der Waals surface area contributed by atoms with Gasteiger partial charge in [-0.3, -0.25) is 4.72 Å². The minimum absolute atomic E-state index is 0.532. The zero-order valence-electron chi connectivity index (χ0n) is 5.90. The van der Waals surface area contributed by atoms with Crippen molar-refractivity contribution in [2.45, 2.75) is 4.90 Å². The molecule has 0 saturated carbocycles. The highest BCUT2D eigenvalue weighted by atomic mass is 32.2. The van der Waals surface area contributed by atoms with Crippen LogP contribution in [0.2, 0.25) is 0 Å². The molecule has 0 radical (unpaired) electrons. The van der Waals surface area contributed by atoms with Crippen molar-refractivity contribution in [3.05, 3.63) is 29.8 Å². The summed E-state index contributed by atoms with van der Waals surface area (Å²) in [7, 11) is 1.69. The van der Waals surface area contributed by atoms with E-state index in [9.17, 15) is 8.78 Å². The summed E-state index contributed by atoms with van der Waals surface area (Å²) < 4.78 is 27.7. The molecule has 11 heavy (non-hydrogen) atoms. The van der Waals surface area contributed by atoms with E-state index < -0.39 is 11.6 Å². The SMILES string of the molecule is CNSc1cc(F)cc(F)c1. The van der Waals surface area contributed by atoms with Crippen LogP contribution >= 0.6 is 11.9 Å². The Morgan fingerprint density at radius 3 is 2.18 bits per heavy atom. The summed E-state index contributed by atoms with van der Waals surface area (Å²) in [4.78, 5) is 0.532. The van der Waals surface area contributed by atoms with Crippen LogP contribution in [0.4, 0.5) is 8.78 Å². The van der Waals surface area contributed by atoms with E-state index in [2.05, 4.69) is 4.72 Å². The molecule has 0 saturated heterocycles. The van der Waals surface area contributed by atoms with Gasteiger partial charge in [0.2, 0.25) is 0 Å². The molecule has 0 fully saturated rings. The van der Waals surface area contributed by atoms with Crippen LogP contribution in [0.1, 0.15) is 0 Å². The molecule has 1 rings (SSSR count). The highest BCUT2D eigenvalue weighted by Gasteiger charge is 1.98. The Balaban J connectivity index is 2.89. The van der Waals surface area contributed by atoms with E-state index >= 15 is 0 Å². The van der Waals surface area contributed by atoms with Crippen LogP contribution in [-0.4, -0.2) is 7.05 Å². The van der Waals surface area contributed by atoms with Gasteiger partial charge in [-0.2, -0.15) is 0 Å². The molecule has 0 heterocycles. The summed E-state index contributed by atoms with van der Waals surface area (Å²) in [6.07, 6.45) is 0. The van der Waals surface area contributed by atoms with Crippen LogP contribution in [0.5, 0.6) is 0 Å². The van der Waals surface area contributed by atoms with Crippen molar-refractivity contribution >= 4 is 11.9 Å². The van der Waals surface area contributed by atoms with Crippen LogP contribution in [0.15, 0.2) is 23.1 Å². The van der Waals surface area contributed by atoms with Gasteiger partial charge >= 0.3 is 0 Å². The maximum atomic E-state index is 12.5. The fourth-order valence-corrected chi connectivity index (χ4v) is 1.28. The molecule has 1 N–H and O–H groups in total. The van der Waals surface area contributed by atoms with Crippen LogP contribution in [0.3, 0.4) is 0 Å². The maximum absolute atomic E-state index is 12.5. The summed E-state index contributed by atoms with van der Waals surface area (Å²) in [6, 6.07) is 3.38. The molecule has 0 amide bonds. The smallest absolute Gasteiger partial charge is 0.127 e. The number of halogens is 2. The van der Waals surface area contributed by atoms with Gasteiger partial charge in [0.05, 0.1) is 0 Å². The van der Waals surface area contributed by atoms with Gasteiger partial charge in [0, 0.05) is 11.0 Å². The minimum atomic E-state index is -0.553. The molecule has 0 spiro atoms. The molecule has 0 aromatic heterocycles. The Hall–Kier alpha value is -0.610. The Bertz CT molecular complexity index is 232. The normalized spacial score (nSPS) is 10.1. The van der Waals surface area contributed by atoms with Crippen molar-refractivity contribution in [3.63, 3.8) is 0 Å². The van der Waals surface area contributed by atoms with E-state index in [0.29, 0.717) is 4.90 Å². The Morgan fingerprint density at radius 1 is 1.18 bits per heavy atom. The standard InChI is InChI=1S/C7H7F2NS/c1-10-11-7-3-5(8)2-6(9)4-7/h2-4,10H,1H3. The molecule has 0 aliphatic heterocycles. The summed E-state index contributed by atoms with van der Waals surface area (Å²) in [6.45, 7) is 0. The van der Waals surface area contributed by atoms with Crippen LogP contribution in [0.25, 0.3) is 0 Å². The predicted molar refractivity (Wildman–Crippen MR) is 41.3 cm³/mol. The van der Waals surface area contributed by atoms with E-state index in [-0.39, 0.29) is 0 Å². The van der Waals surface area contributed by atoms with Gasteiger partial charge in [0.1, 0.15) is 11.6 Å². The topological polar surface area (TPSA) is 12.0 Å². The summed E-state index contributed by atoms with van der Waals surface area (Å²) >= 11 is 1.17. The third kappa shape index (κ3) is 2.48. The first-order valence-corrected chi connectivity index (χ1v) is 3.83. The molecule has 60 valence electrons. The second-order valence-corrected chi connectivity index (χ2v) is 3.00. The summed E-state index contributed by atoms with van der Waals surface area (Å²) in [5.41, 5.74) is 0. The third-order valence-corrected chi connectivity index (χ3v) is 1.73. The fraction of sp³-hybridized carbons (Fsp3) is 0.143. The number of rotatable bonds is 2. The van der Waals surface area contributed by atoms with Crippen molar-refractivity contribution in [3.8, 4) is 0 Å². The molecule has 0 atom stereocenters. The van der Waals surface area contributed by atoms with Gasteiger partial charge in [0.25, 0.3) is 0 Å². The maximum Gasteiger partial charge on any atom is 0.127 e. The minimum Gasteiger partial charge on any atom is -0.263 e. The highest BCUT2D eigenvalue weighted by molar-refractivity contribution is 7.97. The molecule has 0 unspecified atom stereocenters. The fourth-order valence-electron chi connectivity index (χ4n) is 0.705. The summed E-state index contributed by atoms with van der Waals surface area (Å²) in [5, 5.41) is 0. The van der Waals surface area contributed by atoms with Crippen LogP contribution in [0, 0.1) is 11.6 Å². The van der Waals surface area contributed by atoms with E-state index in [1.807, 2.05) is 0 Å². The molecule has 0 aliphatic carbocycles. The van der Waals surface area contributed by atoms with Gasteiger partial charge < -0.3 is 0 Å². The van der Waals surface area contributed by atoms with Crippen LogP contribution < -0.4 is 4.72 Å². The van der Waals surface area contributed by atoms with E-state index in [1.54, 1.807) is 7.05 Å². The Labute approximate surface area is 67.9 Å². The zero-order valence-corrected chi connectivity index (χ0v) is 6.71. The van der Waals surface area contributed by atoms with E-state index in [1.165, 1.54) is 24.1 Å². The molecule has 0 bridgehead atoms. The van der Waals surface area contributed by atoms with E-state index in [0.717, 1.165) is 6.07 Å². The molecule has 0 aliphatic rings. The van der Waals surface area contributed by atoms with Gasteiger partial charge in [0.15, 0.2) is 0 Å². The van der Waals surface area contributed by atoms with Crippen molar-refractivity contribution < 1.29 is 8.78 Å². The third-order valence-electron chi connectivity index (χ3n) is 1.06. The average molecular weight is 175 g/mol.